The van der Waals surface area contributed by atoms with Gasteiger partial charge in [0.05, 0.1) is 5.69 Å². The molecule has 1 N–H and O–H groups in total. The van der Waals surface area contributed by atoms with Crippen LogP contribution in [0.2, 0.25) is 5.15 Å². The maximum atomic E-state index is 12.6. The number of hydrogen-bond acceptors (Lipinski definition) is 3. The van der Waals surface area contributed by atoms with Crippen LogP contribution in [0, 0.1) is 13.8 Å². The van der Waals surface area contributed by atoms with Gasteiger partial charge in [0.2, 0.25) is 0 Å². The van der Waals surface area contributed by atoms with Crippen molar-refractivity contribution in [1.82, 2.24) is 14.8 Å². The predicted octanol–water partition coefficient (Wildman–Crippen LogP) is 3.19. The van der Waals surface area contributed by atoms with E-state index in [0.717, 1.165) is 12.1 Å². The lowest BCUT2D eigenvalue weighted by molar-refractivity contribution is -0.141. The molecule has 0 aliphatic carbocycles. The highest BCUT2D eigenvalue weighted by Crippen LogP contribution is 2.34. The Hall–Kier alpha value is -1.60. The molecule has 2 aromatic heterocycles. The summed E-state index contributed by atoms with van der Waals surface area (Å²) in [6.45, 7) is 3.46. The van der Waals surface area contributed by atoms with Gasteiger partial charge in [-0.25, -0.2) is 4.98 Å². The van der Waals surface area contributed by atoms with Crippen LogP contribution in [0.5, 0.6) is 0 Å². The molecule has 0 bridgehead atoms. The highest BCUT2D eigenvalue weighted by Gasteiger charge is 2.33. The van der Waals surface area contributed by atoms with Crippen LogP contribution in [0.4, 0.5) is 13.2 Å². The third-order valence-electron chi connectivity index (χ3n) is 3.30. The summed E-state index contributed by atoms with van der Waals surface area (Å²) in [4.78, 5) is 3.31. The number of nitrogens with zero attached hydrogens (tertiary/aromatic N) is 3. The fraction of sp³-hybridized carbons (Fsp3) is 0.385. The van der Waals surface area contributed by atoms with Crippen molar-refractivity contribution in [2.24, 2.45) is 7.05 Å². The number of aliphatic hydroxyl groups is 1. The Morgan fingerprint density at radius 2 is 1.90 bits per heavy atom. The summed E-state index contributed by atoms with van der Waals surface area (Å²) in [5.41, 5.74) is 0.822. The van der Waals surface area contributed by atoms with Crippen LogP contribution >= 0.6 is 11.6 Å². The van der Waals surface area contributed by atoms with E-state index in [2.05, 4.69) is 10.1 Å². The summed E-state index contributed by atoms with van der Waals surface area (Å²) >= 11 is 5.79. The first-order chi connectivity index (χ1) is 9.62. The van der Waals surface area contributed by atoms with Crippen LogP contribution in [0.25, 0.3) is 0 Å². The number of alkyl halides is 3. The number of rotatable bonds is 2. The first kappa shape index (κ1) is 15.8. The Morgan fingerprint density at radius 3 is 2.33 bits per heavy atom. The molecule has 8 heteroatoms. The smallest absolute Gasteiger partial charge is 0.383 e. The summed E-state index contributed by atoms with van der Waals surface area (Å²) in [5, 5.41) is 14.2. The lowest BCUT2D eigenvalue weighted by Gasteiger charge is -2.14. The van der Waals surface area contributed by atoms with Gasteiger partial charge >= 0.3 is 6.18 Å². The SMILES string of the molecule is Cc1nn(C)c(C)c1C(O)c1ccc(C(F)(F)F)nc1Cl. The van der Waals surface area contributed by atoms with Gasteiger partial charge in [-0.1, -0.05) is 17.7 Å². The van der Waals surface area contributed by atoms with Crippen LogP contribution in [-0.2, 0) is 13.2 Å². The number of hydrogen-bond donors (Lipinski definition) is 1. The normalized spacial score (nSPS) is 13.5. The van der Waals surface area contributed by atoms with Gasteiger partial charge in [-0.2, -0.15) is 18.3 Å². The molecule has 0 amide bonds. The fourth-order valence-electron chi connectivity index (χ4n) is 2.15. The van der Waals surface area contributed by atoms with Gasteiger partial charge in [-0.05, 0) is 19.9 Å². The molecule has 21 heavy (non-hydrogen) atoms. The van der Waals surface area contributed by atoms with Gasteiger partial charge in [0, 0.05) is 23.9 Å². The Bertz CT molecular complexity index is 682. The Kier molecular flexibility index (Phi) is 3.99. The van der Waals surface area contributed by atoms with Crippen LogP contribution in [0.3, 0.4) is 0 Å². The lowest BCUT2D eigenvalue weighted by atomic mass is 10.0. The molecule has 2 heterocycles. The van der Waals surface area contributed by atoms with Crippen molar-refractivity contribution in [3.05, 3.63) is 45.5 Å². The molecule has 4 nitrogen and oxygen atoms in total. The summed E-state index contributed by atoms with van der Waals surface area (Å²) in [7, 11) is 1.71. The lowest BCUT2D eigenvalue weighted by Crippen LogP contribution is -2.11. The van der Waals surface area contributed by atoms with Crippen molar-refractivity contribution in [2.75, 3.05) is 0 Å². The standard InChI is InChI=1S/C13H13ClF3N3O/c1-6-10(7(2)20(3)19-6)11(21)8-4-5-9(13(15,16)17)18-12(8)14/h4-5,11,21H,1-3H3. The zero-order chi connectivity index (χ0) is 15.9. The number of aryl methyl sites for hydroxylation is 2. The topological polar surface area (TPSA) is 50.9 Å². The molecule has 0 aromatic carbocycles. The molecule has 0 aliphatic heterocycles. The third kappa shape index (κ3) is 2.89. The predicted molar refractivity (Wildman–Crippen MR) is 71.0 cm³/mol. The van der Waals surface area contributed by atoms with Crippen molar-refractivity contribution in [3.63, 3.8) is 0 Å². The van der Waals surface area contributed by atoms with Crippen molar-refractivity contribution < 1.29 is 18.3 Å². The Morgan fingerprint density at radius 1 is 1.29 bits per heavy atom. The van der Waals surface area contributed by atoms with Crippen LogP contribution in [0.1, 0.15) is 34.3 Å². The summed E-state index contributed by atoms with van der Waals surface area (Å²) in [6.07, 6.45) is -5.76. The largest absolute Gasteiger partial charge is 0.433 e. The van der Waals surface area contributed by atoms with E-state index in [0.29, 0.717) is 17.0 Å². The number of pyridine rings is 1. The van der Waals surface area contributed by atoms with E-state index in [1.54, 1.807) is 25.6 Å². The van der Waals surface area contributed by atoms with Crippen molar-refractivity contribution in [3.8, 4) is 0 Å². The van der Waals surface area contributed by atoms with E-state index in [-0.39, 0.29) is 10.7 Å². The zero-order valence-electron chi connectivity index (χ0n) is 11.5. The second-order valence-corrected chi connectivity index (χ2v) is 5.04. The molecular formula is C13H13ClF3N3O. The number of aliphatic hydroxyl groups excluding tert-OH is 1. The van der Waals surface area contributed by atoms with E-state index in [1.807, 2.05) is 0 Å². The average Bonchev–Trinajstić information content (AvgIpc) is 2.61. The van der Waals surface area contributed by atoms with Gasteiger partial charge in [0.1, 0.15) is 17.0 Å². The minimum absolute atomic E-state index is 0.115. The van der Waals surface area contributed by atoms with Crippen LogP contribution < -0.4 is 0 Å². The molecule has 0 saturated heterocycles. The van der Waals surface area contributed by atoms with Crippen LogP contribution in [0.15, 0.2) is 12.1 Å². The zero-order valence-corrected chi connectivity index (χ0v) is 12.3. The van der Waals surface area contributed by atoms with E-state index in [9.17, 15) is 18.3 Å². The summed E-state index contributed by atoms with van der Waals surface area (Å²) < 4.78 is 39.3. The molecule has 0 radical (unpaired) electrons. The Balaban J connectivity index is 2.47. The molecule has 0 spiro atoms. The monoisotopic (exact) mass is 319 g/mol. The van der Waals surface area contributed by atoms with Crippen molar-refractivity contribution >= 4 is 11.6 Å². The molecule has 0 saturated carbocycles. The fourth-order valence-corrected chi connectivity index (χ4v) is 2.41. The molecule has 1 atom stereocenters. The first-order valence-corrected chi connectivity index (χ1v) is 6.42. The third-order valence-corrected chi connectivity index (χ3v) is 3.60. The molecule has 2 rings (SSSR count). The summed E-state index contributed by atoms with van der Waals surface area (Å²) in [5.74, 6) is 0. The molecule has 2 aromatic rings. The van der Waals surface area contributed by atoms with Crippen LogP contribution in [-0.4, -0.2) is 19.9 Å². The van der Waals surface area contributed by atoms with Gasteiger partial charge in [0.25, 0.3) is 0 Å². The van der Waals surface area contributed by atoms with E-state index >= 15 is 0 Å². The maximum Gasteiger partial charge on any atom is 0.433 e. The number of aromatic nitrogens is 3. The van der Waals surface area contributed by atoms with E-state index in [1.165, 1.54) is 0 Å². The van der Waals surface area contributed by atoms with Gasteiger partial charge < -0.3 is 5.11 Å². The highest BCUT2D eigenvalue weighted by atomic mass is 35.5. The highest BCUT2D eigenvalue weighted by molar-refractivity contribution is 6.30. The maximum absolute atomic E-state index is 12.6. The molecule has 1 unspecified atom stereocenters. The second-order valence-electron chi connectivity index (χ2n) is 4.68. The minimum atomic E-state index is -4.58. The average molecular weight is 320 g/mol. The second kappa shape index (κ2) is 5.31. The van der Waals surface area contributed by atoms with E-state index in [4.69, 9.17) is 11.6 Å². The van der Waals surface area contributed by atoms with Gasteiger partial charge in [0.15, 0.2) is 0 Å². The quantitative estimate of drug-likeness (QED) is 0.865. The van der Waals surface area contributed by atoms with Crippen molar-refractivity contribution in [1.29, 1.82) is 0 Å². The molecular weight excluding hydrogens is 307 g/mol. The first-order valence-electron chi connectivity index (χ1n) is 6.04. The molecule has 0 aliphatic rings. The minimum Gasteiger partial charge on any atom is -0.383 e. The van der Waals surface area contributed by atoms with Gasteiger partial charge in [-0.15, -0.1) is 0 Å². The number of halogens is 4. The van der Waals surface area contributed by atoms with Gasteiger partial charge in [-0.3, -0.25) is 4.68 Å². The van der Waals surface area contributed by atoms with Crippen molar-refractivity contribution in [2.45, 2.75) is 26.1 Å². The molecule has 114 valence electrons. The van der Waals surface area contributed by atoms with E-state index < -0.39 is 18.0 Å². The molecule has 0 fully saturated rings. The summed E-state index contributed by atoms with van der Waals surface area (Å²) in [6, 6.07) is 1.93. The Labute approximate surface area is 124 Å².